The molecular formula is C25H29N3O5. The molecule has 0 spiro atoms. The van der Waals surface area contributed by atoms with Crippen molar-refractivity contribution in [1.82, 2.24) is 10.2 Å². The number of nitrogens with one attached hydrogen (secondary N) is 2. The van der Waals surface area contributed by atoms with Crippen LogP contribution in [-0.4, -0.2) is 49.7 Å². The van der Waals surface area contributed by atoms with E-state index in [4.69, 9.17) is 9.47 Å². The standard InChI is InChI=1S/C25H29N3O5/c1-4-15-28-23(18-9-7-6-8-10-18)21(24(30)33-5-2)22(27-25(28)31)17-11-13-19(14-12-17)26-20(29)16-32-3/h6-14,22H,4-5,15-16H2,1-3H3,(H,26,29)(H,27,31). The second kappa shape index (κ2) is 11.3. The van der Waals surface area contributed by atoms with E-state index in [9.17, 15) is 14.4 Å². The second-order valence-electron chi connectivity index (χ2n) is 7.49. The molecule has 0 radical (unpaired) electrons. The molecule has 2 N–H and O–H groups in total. The normalized spacial score (nSPS) is 15.8. The topological polar surface area (TPSA) is 97.0 Å². The van der Waals surface area contributed by atoms with Crippen molar-refractivity contribution in [2.45, 2.75) is 26.3 Å². The van der Waals surface area contributed by atoms with Crippen molar-refractivity contribution in [3.63, 3.8) is 0 Å². The Balaban J connectivity index is 2.09. The van der Waals surface area contributed by atoms with E-state index in [2.05, 4.69) is 10.6 Å². The Hall–Kier alpha value is -3.65. The highest BCUT2D eigenvalue weighted by molar-refractivity contribution is 6.04. The predicted molar refractivity (Wildman–Crippen MR) is 125 cm³/mol. The van der Waals surface area contributed by atoms with E-state index in [1.54, 1.807) is 36.1 Å². The lowest BCUT2D eigenvalue weighted by atomic mass is 9.91. The summed E-state index contributed by atoms with van der Waals surface area (Å²) in [5.74, 6) is -0.759. The molecule has 1 atom stereocenters. The Labute approximate surface area is 193 Å². The van der Waals surface area contributed by atoms with Gasteiger partial charge < -0.3 is 20.1 Å². The molecule has 1 aliphatic rings. The van der Waals surface area contributed by atoms with Crippen LogP contribution in [0.25, 0.3) is 5.70 Å². The minimum Gasteiger partial charge on any atom is -0.463 e. The van der Waals surface area contributed by atoms with Gasteiger partial charge in [-0.2, -0.15) is 0 Å². The van der Waals surface area contributed by atoms with Crippen molar-refractivity contribution in [3.05, 3.63) is 71.3 Å². The van der Waals surface area contributed by atoms with Crippen LogP contribution in [0.4, 0.5) is 10.5 Å². The van der Waals surface area contributed by atoms with E-state index in [-0.39, 0.29) is 25.2 Å². The van der Waals surface area contributed by atoms with Crippen molar-refractivity contribution in [2.24, 2.45) is 0 Å². The number of anilines is 1. The van der Waals surface area contributed by atoms with Crippen LogP contribution in [0.1, 0.15) is 37.4 Å². The van der Waals surface area contributed by atoms with Crippen LogP contribution in [0, 0.1) is 0 Å². The third kappa shape index (κ3) is 5.59. The Kier molecular flexibility index (Phi) is 8.21. The summed E-state index contributed by atoms with van der Waals surface area (Å²) < 4.78 is 10.2. The van der Waals surface area contributed by atoms with E-state index in [1.165, 1.54) is 7.11 Å². The van der Waals surface area contributed by atoms with Crippen LogP contribution < -0.4 is 10.6 Å². The number of benzene rings is 2. The Morgan fingerprint density at radius 2 is 1.76 bits per heavy atom. The first-order valence-corrected chi connectivity index (χ1v) is 10.9. The molecule has 0 saturated carbocycles. The van der Waals surface area contributed by atoms with Crippen LogP contribution in [0.2, 0.25) is 0 Å². The van der Waals surface area contributed by atoms with Gasteiger partial charge in [-0.1, -0.05) is 49.4 Å². The first-order chi connectivity index (χ1) is 16.0. The molecular weight excluding hydrogens is 422 g/mol. The van der Waals surface area contributed by atoms with Gasteiger partial charge in [-0.25, -0.2) is 9.59 Å². The number of rotatable bonds is 9. The summed E-state index contributed by atoms with van der Waals surface area (Å²) in [6.07, 6.45) is 0.723. The second-order valence-corrected chi connectivity index (χ2v) is 7.49. The zero-order valence-corrected chi connectivity index (χ0v) is 19.1. The van der Waals surface area contributed by atoms with Crippen LogP contribution in [0.15, 0.2) is 60.2 Å². The van der Waals surface area contributed by atoms with E-state index < -0.39 is 12.0 Å². The Morgan fingerprint density at radius 3 is 2.36 bits per heavy atom. The molecule has 0 saturated heterocycles. The van der Waals surface area contributed by atoms with Crippen molar-refractivity contribution in [3.8, 4) is 0 Å². The molecule has 3 amide bonds. The summed E-state index contributed by atoms with van der Waals surface area (Å²) in [6, 6.07) is 15.4. The van der Waals surface area contributed by atoms with Gasteiger partial charge >= 0.3 is 12.0 Å². The number of methoxy groups -OCH3 is 1. The van der Waals surface area contributed by atoms with Crippen molar-refractivity contribution >= 4 is 29.3 Å². The summed E-state index contributed by atoms with van der Waals surface area (Å²) in [7, 11) is 1.45. The molecule has 8 nitrogen and oxygen atoms in total. The molecule has 1 unspecified atom stereocenters. The number of carbonyl (C=O) groups is 3. The number of hydrogen-bond donors (Lipinski definition) is 2. The minimum atomic E-state index is -0.705. The van der Waals surface area contributed by atoms with Gasteiger partial charge in [0.15, 0.2) is 0 Å². The highest BCUT2D eigenvalue weighted by atomic mass is 16.5. The van der Waals surface area contributed by atoms with E-state index >= 15 is 0 Å². The molecule has 2 aromatic rings. The predicted octanol–water partition coefficient (Wildman–Crippen LogP) is 3.72. The largest absolute Gasteiger partial charge is 0.463 e. The fourth-order valence-corrected chi connectivity index (χ4v) is 3.76. The molecule has 2 aromatic carbocycles. The van der Waals surface area contributed by atoms with Crippen molar-refractivity contribution < 1.29 is 23.9 Å². The first-order valence-electron chi connectivity index (χ1n) is 10.9. The summed E-state index contributed by atoms with van der Waals surface area (Å²) in [4.78, 5) is 39.7. The van der Waals surface area contributed by atoms with Gasteiger partial charge in [0, 0.05) is 19.3 Å². The average molecular weight is 452 g/mol. The number of esters is 1. The van der Waals surface area contributed by atoms with Gasteiger partial charge in [-0.05, 0) is 36.6 Å². The van der Waals surface area contributed by atoms with Gasteiger partial charge in [-0.3, -0.25) is 9.69 Å². The molecule has 1 aliphatic heterocycles. The maximum absolute atomic E-state index is 13.2. The molecule has 33 heavy (non-hydrogen) atoms. The zero-order valence-electron chi connectivity index (χ0n) is 19.1. The molecule has 0 aromatic heterocycles. The molecule has 0 aliphatic carbocycles. The third-order valence-corrected chi connectivity index (χ3v) is 5.12. The summed E-state index contributed by atoms with van der Waals surface area (Å²) in [5, 5.41) is 5.69. The van der Waals surface area contributed by atoms with Crippen LogP contribution >= 0.6 is 0 Å². The smallest absolute Gasteiger partial charge is 0.338 e. The monoisotopic (exact) mass is 451 g/mol. The minimum absolute atomic E-state index is 0.0517. The summed E-state index contributed by atoms with van der Waals surface area (Å²) in [5.41, 5.74) is 2.95. The highest BCUT2D eigenvalue weighted by Gasteiger charge is 2.38. The van der Waals surface area contributed by atoms with Crippen LogP contribution in [-0.2, 0) is 19.1 Å². The lowest BCUT2D eigenvalue weighted by Crippen LogP contribution is -2.48. The number of ether oxygens (including phenoxy) is 2. The molecule has 174 valence electrons. The van der Waals surface area contributed by atoms with E-state index in [0.717, 1.165) is 12.0 Å². The Bertz CT molecular complexity index is 1020. The highest BCUT2D eigenvalue weighted by Crippen LogP contribution is 2.37. The van der Waals surface area contributed by atoms with Gasteiger partial charge in [-0.15, -0.1) is 0 Å². The third-order valence-electron chi connectivity index (χ3n) is 5.12. The number of carbonyl (C=O) groups excluding carboxylic acids is 3. The molecule has 0 bridgehead atoms. The zero-order chi connectivity index (χ0) is 23.8. The maximum Gasteiger partial charge on any atom is 0.338 e. The summed E-state index contributed by atoms with van der Waals surface area (Å²) >= 11 is 0. The van der Waals surface area contributed by atoms with Crippen LogP contribution in [0.5, 0.6) is 0 Å². The Morgan fingerprint density at radius 1 is 1.06 bits per heavy atom. The number of urea groups is 1. The first kappa shape index (κ1) is 24.0. The fraction of sp³-hybridized carbons (Fsp3) is 0.320. The van der Waals surface area contributed by atoms with Crippen molar-refractivity contribution in [1.29, 1.82) is 0 Å². The van der Waals surface area contributed by atoms with Gasteiger partial charge in [0.25, 0.3) is 0 Å². The molecule has 8 heteroatoms. The van der Waals surface area contributed by atoms with Gasteiger partial charge in [0.1, 0.15) is 6.61 Å². The SMILES string of the molecule is CCCN1C(=O)NC(c2ccc(NC(=O)COC)cc2)C(C(=O)OCC)=C1c1ccccc1. The van der Waals surface area contributed by atoms with Gasteiger partial charge in [0.2, 0.25) is 5.91 Å². The van der Waals surface area contributed by atoms with E-state index in [0.29, 0.717) is 29.1 Å². The lowest BCUT2D eigenvalue weighted by Gasteiger charge is -2.36. The molecule has 1 heterocycles. The van der Waals surface area contributed by atoms with E-state index in [1.807, 2.05) is 37.3 Å². The number of nitrogens with zero attached hydrogens (tertiary/aromatic N) is 1. The van der Waals surface area contributed by atoms with Gasteiger partial charge in [0.05, 0.1) is 23.9 Å². The van der Waals surface area contributed by atoms with Crippen molar-refractivity contribution in [2.75, 3.05) is 32.2 Å². The fourth-order valence-electron chi connectivity index (χ4n) is 3.76. The maximum atomic E-state index is 13.2. The molecule has 3 rings (SSSR count). The lowest BCUT2D eigenvalue weighted by molar-refractivity contribution is -0.139. The molecule has 0 fully saturated rings. The summed E-state index contributed by atoms with van der Waals surface area (Å²) in [6.45, 7) is 4.34. The average Bonchev–Trinajstić information content (AvgIpc) is 2.81. The number of hydrogen-bond acceptors (Lipinski definition) is 5. The number of amides is 3. The quantitative estimate of drug-likeness (QED) is 0.567. The van der Waals surface area contributed by atoms with Crippen LogP contribution in [0.3, 0.4) is 0 Å².